The number of aliphatic hydroxyl groups excluding tert-OH is 1. The quantitative estimate of drug-likeness (QED) is 0.448. The molecule has 1 saturated heterocycles. The van der Waals surface area contributed by atoms with Crippen LogP contribution in [0.4, 0.5) is 0 Å². The van der Waals surface area contributed by atoms with Gasteiger partial charge in [0, 0.05) is 37.2 Å². The SMILES string of the molecule is C=C1C(=O)O[C@H]2C[C@@H](C)[C@@H]3[C@@H](OC(C)=O)C[C@H](OC(C)=O)[C@@]3(C)[C@@H](O)[C@@H]12. The Labute approximate surface area is 152 Å². The molecule has 0 aromatic rings. The van der Waals surface area contributed by atoms with E-state index in [1.165, 1.54) is 13.8 Å². The van der Waals surface area contributed by atoms with Crippen molar-refractivity contribution in [3.8, 4) is 0 Å². The summed E-state index contributed by atoms with van der Waals surface area (Å²) in [6, 6.07) is 0. The van der Waals surface area contributed by atoms with Gasteiger partial charge < -0.3 is 19.3 Å². The van der Waals surface area contributed by atoms with Crippen LogP contribution in [0.25, 0.3) is 0 Å². The highest BCUT2D eigenvalue weighted by Crippen LogP contribution is 2.58. The van der Waals surface area contributed by atoms with Crippen molar-refractivity contribution in [2.75, 3.05) is 0 Å². The Morgan fingerprint density at radius 2 is 1.85 bits per heavy atom. The van der Waals surface area contributed by atoms with Gasteiger partial charge in [0.15, 0.2) is 0 Å². The molecule has 1 aliphatic heterocycles. The first-order valence-electron chi connectivity index (χ1n) is 8.99. The predicted octanol–water partition coefficient (Wildman–Crippen LogP) is 1.37. The first-order chi connectivity index (χ1) is 12.1. The molecule has 3 aliphatic rings. The van der Waals surface area contributed by atoms with Gasteiger partial charge in [0.2, 0.25) is 0 Å². The summed E-state index contributed by atoms with van der Waals surface area (Å²) in [5.74, 6) is -2.18. The van der Waals surface area contributed by atoms with Crippen LogP contribution in [0.5, 0.6) is 0 Å². The van der Waals surface area contributed by atoms with Crippen LogP contribution in [0.2, 0.25) is 0 Å². The van der Waals surface area contributed by atoms with Crippen molar-refractivity contribution in [2.45, 2.75) is 65.0 Å². The molecule has 0 radical (unpaired) electrons. The fraction of sp³-hybridized carbons (Fsp3) is 0.737. The maximum Gasteiger partial charge on any atom is 0.334 e. The van der Waals surface area contributed by atoms with Crippen molar-refractivity contribution in [2.24, 2.45) is 23.2 Å². The van der Waals surface area contributed by atoms with Gasteiger partial charge in [-0.15, -0.1) is 0 Å². The zero-order valence-corrected chi connectivity index (χ0v) is 15.6. The summed E-state index contributed by atoms with van der Waals surface area (Å²) < 4.78 is 16.5. The normalized spacial score (nSPS) is 44.6. The molecule has 1 N–H and O–H groups in total. The van der Waals surface area contributed by atoms with Crippen molar-refractivity contribution in [1.29, 1.82) is 0 Å². The summed E-state index contributed by atoms with van der Waals surface area (Å²) in [6.07, 6.45) is -1.74. The average molecular weight is 366 g/mol. The van der Waals surface area contributed by atoms with Crippen molar-refractivity contribution >= 4 is 17.9 Å². The van der Waals surface area contributed by atoms with Gasteiger partial charge in [-0.2, -0.15) is 0 Å². The van der Waals surface area contributed by atoms with Crippen LogP contribution in [0.1, 0.15) is 40.5 Å². The number of hydrogen-bond donors (Lipinski definition) is 1. The Hall–Kier alpha value is -1.89. The van der Waals surface area contributed by atoms with Gasteiger partial charge in [0.05, 0.1) is 12.0 Å². The molecule has 3 rings (SSSR count). The van der Waals surface area contributed by atoms with Gasteiger partial charge in [-0.05, 0) is 12.3 Å². The second-order valence-electron chi connectivity index (χ2n) is 8.03. The third-order valence-corrected chi connectivity index (χ3v) is 6.40. The largest absolute Gasteiger partial charge is 0.462 e. The first-order valence-corrected chi connectivity index (χ1v) is 8.99. The monoisotopic (exact) mass is 366 g/mol. The molecule has 7 nitrogen and oxygen atoms in total. The standard InChI is InChI=1S/C19H26O7/c1-8-6-12-15(9(2)18(23)26-12)17(22)19(5)14(25-11(4)21)7-13(16(8)19)24-10(3)20/h8,12-17,22H,2,6-7H2,1,3-5H3/t8-,12+,13+,14+,15+,16-,17+,19-/m1/s1. The fourth-order valence-electron chi connectivity index (χ4n) is 5.44. The number of fused-ring (bicyclic) bond motifs is 2. The van der Waals surface area contributed by atoms with Crippen LogP contribution < -0.4 is 0 Å². The topological polar surface area (TPSA) is 99.1 Å². The third-order valence-electron chi connectivity index (χ3n) is 6.40. The van der Waals surface area contributed by atoms with Crippen molar-refractivity contribution in [3.63, 3.8) is 0 Å². The highest BCUT2D eigenvalue weighted by Gasteiger charge is 2.66. The van der Waals surface area contributed by atoms with Gasteiger partial charge in [-0.3, -0.25) is 9.59 Å². The molecule has 2 saturated carbocycles. The van der Waals surface area contributed by atoms with E-state index in [4.69, 9.17) is 14.2 Å². The number of hydrogen-bond acceptors (Lipinski definition) is 7. The highest BCUT2D eigenvalue weighted by molar-refractivity contribution is 5.91. The van der Waals surface area contributed by atoms with Crippen molar-refractivity contribution in [3.05, 3.63) is 12.2 Å². The Morgan fingerprint density at radius 3 is 2.42 bits per heavy atom. The lowest BCUT2D eigenvalue weighted by molar-refractivity contribution is -0.162. The number of esters is 3. The predicted molar refractivity (Wildman–Crippen MR) is 89.6 cm³/mol. The number of ether oxygens (including phenoxy) is 3. The highest BCUT2D eigenvalue weighted by atomic mass is 16.6. The summed E-state index contributed by atoms with van der Waals surface area (Å²) in [5.41, 5.74) is -0.643. The molecule has 0 spiro atoms. The van der Waals surface area contributed by atoms with Crippen LogP contribution in [0.3, 0.4) is 0 Å². The second-order valence-corrected chi connectivity index (χ2v) is 8.03. The van der Waals surface area contributed by atoms with E-state index in [1.54, 1.807) is 0 Å². The zero-order valence-electron chi connectivity index (χ0n) is 15.6. The molecule has 144 valence electrons. The zero-order chi connectivity index (χ0) is 19.4. The Morgan fingerprint density at radius 1 is 1.23 bits per heavy atom. The van der Waals surface area contributed by atoms with E-state index in [1.807, 2.05) is 13.8 Å². The van der Waals surface area contributed by atoms with Crippen LogP contribution in [-0.4, -0.2) is 47.4 Å². The lowest BCUT2D eigenvalue weighted by atomic mass is 9.67. The minimum atomic E-state index is -1.01. The lowest BCUT2D eigenvalue weighted by Crippen LogP contribution is -2.50. The molecule has 26 heavy (non-hydrogen) atoms. The molecule has 0 amide bonds. The maximum atomic E-state index is 12.0. The minimum Gasteiger partial charge on any atom is -0.462 e. The molecule has 1 heterocycles. The van der Waals surface area contributed by atoms with Crippen LogP contribution in [0.15, 0.2) is 12.2 Å². The first kappa shape index (κ1) is 18.9. The summed E-state index contributed by atoms with van der Waals surface area (Å²) in [5, 5.41) is 11.3. The molecule has 0 bridgehead atoms. The molecule has 0 aromatic carbocycles. The van der Waals surface area contributed by atoms with Gasteiger partial charge in [0.1, 0.15) is 18.3 Å². The van der Waals surface area contributed by atoms with E-state index in [0.717, 1.165) is 0 Å². The van der Waals surface area contributed by atoms with Gasteiger partial charge in [0.25, 0.3) is 0 Å². The Kier molecular flexibility index (Phi) is 4.63. The smallest absolute Gasteiger partial charge is 0.334 e. The summed E-state index contributed by atoms with van der Waals surface area (Å²) in [4.78, 5) is 35.2. The van der Waals surface area contributed by atoms with Crippen LogP contribution in [-0.2, 0) is 28.6 Å². The van der Waals surface area contributed by atoms with E-state index in [9.17, 15) is 19.5 Å². The Balaban J connectivity index is 2.06. The minimum absolute atomic E-state index is 0.0201. The fourth-order valence-corrected chi connectivity index (χ4v) is 5.44. The van der Waals surface area contributed by atoms with E-state index in [2.05, 4.69) is 6.58 Å². The molecule has 2 aliphatic carbocycles. The van der Waals surface area contributed by atoms with E-state index in [0.29, 0.717) is 12.8 Å². The van der Waals surface area contributed by atoms with Crippen LogP contribution in [0, 0.1) is 23.2 Å². The molecule has 3 fully saturated rings. The number of carbonyl (C=O) groups excluding carboxylic acids is 3. The van der Waals surface area contributed by atoms with Gasteiger partial charge in [-0.1, -0.05) is 20.4 Å². The van der Waals surface area contributed by atoms with E-state index in [-0.39, 0.29) is 17.4 Å². The van der Waals surface area contributed by atoms with E-state index < -0.39 is 53.7 Å². The summed E-state index contributed by atoms with van der Waals surface area (Å²) in [6.45, 7) is 10.3. The molecular weight excluding hydrogens is 340 g/mol. The van der Waals surface area contributed by atoms with Crippen LogP contribution >= 0.6 is 0 Å². The van der Waals surface area contributed by atoms with Crippen molar-refractivity contribution < 1.29 is 33.7 Å². The van der Waals surface area contributed by atoms with E-state index >= 15 is 0 Å². The Bertz CT molecular complexity index is 656. The summed E-state index contributed by atoms with van der Waals surface area (Å²) >= 11 is 0. The number of carbonyl (C=O) groups is 3. The lowest BCUT2D eigenvalue weighted by Gasteiger charge is -2.42. The molecule has 7 heteroatoms. The van der Waals surface area contributed by atoms with Gasteiger partial charge >= 0.3 is 17.9 Å². The summed E-state index contributed by atoms with van der Waals surface area (Å²) in [7, 11) is 0. The third kappa shape index (κ3) is 2.73. The molecule has 0 unspecified atom stereocenters. The average Bonchev–Trinajstić information content (AvgIpc) is 2.90. The molecular formula is C19H26O7. The molecule has 0 aromatic heterocycles. The maximum absolute atomic E-state index is 12.0. The van der Waals surface area contributed by atoms with Crippen molar-refractivity contribution in [1.82, 2.24) is 0 Å². The second kappa shape index (κ2) is 6.37. The molecule has 8 atom stereocenters. The number of aliphatic hydroxyl groups is 1. The van der Waals surface area contributed by atoms with Gasteiger partial charge in [-0.25, -0.2) is 4.79 Å². The number of rotatable bonds is 2.